The molecule has 0 heterocycles. The Morgan fingerprint density at radius 3 is 2.64 bits per heavy atom. The number of hydrogen-bond donors (Lipinski definition) is 1. The van der Waals surface area contributed by atoms with E-state index in [0.29, 0.717) is 5.92 Å². The van der Waals surface area contributed by atoms with Crippen molar-refractivity contribution >= 4 is 5.97 Å². The number of allylic oxidation sites excluding steroid dienone is 1. The monoisotopic (exact) mass is 196 g/mol. The zero-order chi connectivity index (χ0) is 10.4. The third-order valence-electron chi connectivity index (χ3n) is 3.22. The fourth-order valence-corrected chi connectivity index (χ4v) is 2.11. The van der Waals surface area contributed by atoms with Crippen LogP contribution >= 0.6 is 0 Å². The molecule has 1 fully saturated rings. The molecule has 1 saturated carbocycles. The third kappa shape index (κ3) is 3.17. The summed E-state index contributed by atoms with van der Waals surface area (Å²) in [5, 5.41) is 8.83. The molecule has 0 aromatic rings. The van der Waals surface area contributed by atoms with Gasteiger partial charge in [-0.25, -0.2) is 0 Å². The van der Waals surface area contributed by atoms with Gasteiger partial charge < -0.3 is 5.11 Å². The molecular weight excluding hydrogens is 176 g/mol. The molecule has 1 N–H and O–H groups in total. The standard InChI is InChI=1S/C12H20O2/c1-2-3-4-5-6-7-10-8-9-11(10)12(13)14/h2,10-11H,1,3-9H2,(H,13,14). The molecule has 2 unspecified atom stereocenters. The molecule has 1 rings (SSSR count). The van der Waals surface area contributed by atoms with E-state index in [1.807, 2.05) is 6.08 Å². The Morgan fingerprint density at radius 1 is 1.36 bits per heavy atom. The zero-order valence-corrected chi connectivity index (χ0v) is 8.74. The van der Waals surface area contributed by atoms with Crippen LogP contribution in [0.5, 0.6) is 0 Å². The highest BCUT2D eigenvalue weighted by Gasteiger charge is 2.35. The Hall–Kier alpha value is -0.790. The van der Waals surface area contributed by atoms with Crippen molar-refractivity contribution in [1.29, 1.82) is 0 Å². The largest absolute Gasteiger partial charge is 0.481 e. The average molecular weight is 196 g/mol. The number of carboxylic acids is 1. The number of aliphatic carboxylic acids is 1. The Kier molecular flexibility index (Phi) is 4.71. The van der Waals surface area contributed by atoms with E-state index < -0.39 is 5.97 Å². The molecule has 0 bridgehead atoms. The Labute approximate surface area is 86.0 Å². The van der Waals surface area contributed by atoms with Gasteiger partial charge in [0, 0.05) is 0 Å². The number of hydrogen-bond acceptors (Lipinski definition) is 1. The molecule has 80 valence electrons. The predicted molar refractivity (Wildman–Crippen MR) is 57.1 cm³/mol. The van der Waals surface area contributed by atoms with E-state index in [0.717, 1.165) is 25.7 Å². The quantitative estimate of drug-likeness (QED) is 0.501. The number of unbranched alkanes of at least 4 members (excludes halogenated alkanes) is 3. The summed E-state index contributed by atoms with van der Waals surface area (Å²) in [7, 11) is 0. The highest BCUT2D eigenvalue weighted by Crippen LogP contribution is 2.38. The lowest BCUT2D eigenvalue weighted by atomic mass is 9.71. The molecule has 0 amide bonds. The summed E-state index contributed by atoms with van der Waals surface area (Å²) in [5.74, 6) is -0.155. The summed E-state index contributed by atoms with van der Waals surface area (Å²) in [5.41, 5.74) is 0. The highest BCUT2D eigenvalue weighted by atomic mass is 16.4. The maximum absolute atomic E-state index is 10.7. The lowest BCUT2D eigenvalue weighted by Gasteiger charge is -2.33. The molecule has 0 spiro atoms. The third-order valence-corrected chi connectivity index (χ3v) is 3.22. The van der Waals surface area contributed by atoms with Crippen molar-refractivity contribution in [1.82, 2.24) is 0 Å². The number of carbonyl (C=O) groups is 1. The molecule has 1 aliphatic carbocycles. The molecule has 0 saturated heterocycles. The second-order valence-corrected chi connectivity index (χ2v) is 4.21. The predicted octanol–water partition coefficient (Wildman–Crippen LogP) is 3.23. The van der Waals surface area contributed by atoms with E-state index in [1.165, 1.54) is 19.3 Å². The summed E-state index contributed by atoms with van der Waals surface area (Å²) in [4.78, 5) is 10.7. The molecule has 2 nitrogen and oxygen atoms in total. The normalized spacial score (nSPS) is 25.4. The van der Waals surface area contributed by atoms with Crippen LogP contribution in [-0.2, 0) is 4.79 Å². The van der Waals surface area contributed by atoms with Crippen LogP contribution in [0.25, 0.3) is 0 Å². The average Bonchev–Trinajstić information content (AvgIpc) is 2.08. The van der Waals surface area contributed by atoms with Crippen LogP contribution in [0.2, 0.25) is 0 Å². The van der Waals surface area contributed by atoms with Gasteiger partial charge in [0.25, 0.3) is 0 Å². The summed E-state index contributed by atoms with van der Waals surface area (Å²) in [6, 6.07) is 0. The van der Waals surface area contributed by atoms with Crippen LogP contribution in [0, 0.1) is 11.8 Å². The minimum absolute atomic E-state index is 0.0330. The van der Waals surface area contributed by atoms with Gasteiger partial charge in [-0.3, -0.25) is 4.79 Å². The molecule has 0 aliphatic heterocycles. The Bertz CT molecular complexity index is 198. The van der Waals surface area contributed by atoms with Crippen LogP contribution in [0.1, 0.15) is 44.9 Å². The number of rotatable bonds is 7. The summed E-state index contributed by atoms with van der Waals surface area (Å²) in [6.45, 7) is 3.68. The van der Waals surface area contributed by atoms with E-state index >= 15 is 0 Å². The van der Waals surface area contributed by atoms with Crippen LogP contribution in [0.4, 0.5) is 0 Å². The van der Waals surface area contributed by atoms with Gasteiger partial charge in [-0.05, 0) is 38.0 Å². The van der Waals surface area contributed by atoms with E-state index in [-0.39, 0.29) is 5.92 Å². The summed E-state index contributed by atoms with van der Waals surface area (Å²) in [6.07, 6.45) is 9.76. The topological polar surface area (TPSA) is 37.3 Å². The van der Waals surface area contributed by atoms with Gasteiger partial charge in [0.05, 0.1) is 5.92 Å². The minimum atomic E-state index is -0.590. The van der Waals surface area contributed by atoms with Crippen LogP contribution in [0.15, 0.2) is 12.7 Å². The van der Waals surface area contributed by atoms with E-state index in [2.05, 4.69) is 6.58 Å². The van der Waals surface area contributed by atoms with Crippen molar-refractivity contribution in [3.05, 3.63) is 12.7 Å². The molecular formula is C12H20O2. The first-order valence-electron chi connectivity index (χ1n) is 5.59. The summed E-state index contributed by atoms with van der Waals surface area (Å²) >= 11 is 0. The van der Waals surface area contributed by atoms with Crippen LogP contribution in [-0.4, -0.2) is 11.1 Å². The van der Waals surface area contributed by atoms with Gasteiger partial charge in [-0.1, -0.05) is 18.9 Å². The molecule has 1 aliphatic rings. The Balaban J connectivity index is 2.02. The van der Waals surface area contributed by atoms with Crippen LogP contribution in [0.3, 0.4) is 0 Å². The van der Waals surface area contributed by atoms with Crippen molar-refractivity contribution in [2.45, 2.75) is 44.9 Å². The van der Waals surface area contributed by atoms with Gasteiger partial charge in [0.15, 0.2) is 0 Å². The van der Waals surface area contributed by atoms with Crippen LogP contribution < -0.4 is 0 Å². The fourth-order valence-electron chi connectivity index (χ4n) is 2.11. The van der Waals surface area contributed by atoms with Gasteiger partial charge in [0.1, 0.15) is 0 Å². The van der Waals surface area contributed by atoms with E-state index in [9.17, 15) is 4.79 Å². The first-order chi connectivity index (χ1) is 6.75. The van der Waals surface area contributed by atoms with Crippen molar-refractivity contribution in [3.8, 4) is 0 Å². The first kappa shape index (κ1) is 11.3. The molecule has 2 atom stereocenters. The fraction of sp³-hybridized carbons (Fsp3) is 0.750. The highest BCUT2D eigenvalue weighted by molar-refractivity contribution is 5.71. The van der Waals surface area contributed by atoms with Gasteiger partial charge in [-0.2, -0.15) is 0 Å². The first-order valence-corrected chi connectivity index (χ1v) is 5.59. The van der Waals surface area contributed by atoms with Crippen molar-refractivity contribution < 1.29 is 9.90 Å². The maximum atomic E-state index is 10.7. The lowest BCUT2D eigenvalue weighted by Crippen LogP contribution is -2.32. The molecule has 0 aromatic carbocycles. The summed E-state index contributed by atoms with van der Waals surface area (Å²) < 4.78 is 0. The smallest absolute Gasteiger partial charge is 0.306 e. The van der Waals surface area contributed by atoms with Gasteiger partial charge in [-0.15, -0.1) is 6.58 Å². The van der Waals surface area contributed by atoms with Crippen molar-refractivity contribution in [3.63, 3.8) is 0 Å². The Morgan fingerprint density at radius 2 is 2.14 bits per heavy atom. The van der Waals surface area contributed by atoms with Crippen molar-refractivity contribution in [2.75, 3.05) is 0 Å². The minimum Gasteiger partial charge on any atom is -0.481 e. The molecule has 0 radical (unpaired) electrons. The second-order valence-electron chi connectivity index (χ2n) is 4.21. The van der Waals surface area contributed by atoms with Gasteiger partial charge >= 0.3 is 5.97 Å². The molecule has 2 heteroatoms. The molecule has 14 heavy (non-hydrogen) atoms. The SMILES string of the molecule is C=CCCCCCC1CCC1C(=O)O. The lowest BCUT2D eigenvalue weighted by molar-refractivity contribution is -0.147. The van der Waals surface area contributed by atoms with Crippen molar-refractivity contribution in [2.24, 2.45) is 11.8 Å². The van der Waals surface area contributed by atoms with Gasteiger partial charge in [0.2, 0.25) is 0 Å². The zero-order valence-electron chi connectivity index (χ0n) is 8.74. The van der Waals surface area contributed by atoms with E-state index in [4.69, 9.17) is 5.11 Å². The van der Waals surface area contributed by atoms with E-state index in [1.54, 1.807) is 0 Å². The number of carboxylic acid groups (broad SMARTS) is 1. The molecule has 0 aromatic heterocycles. The second kappa shape index (κ2) is 5.84. The maximum Gasteiger partial charge on any atom is 0.306 e.